The zero-order valence-corrected chi connectivity index (χ0v) is 12.9. The Kier molecular flexibility index (Phi) is 5.19. The molecule has 23 heavy (non-hydrogen) atoms. The van der Waals surface area contributed by atoms with Gasteiger partial charge in [0.1, 0.15) is 11.5 Å². The van der Waals surface area contributed by atoms with Crippen molar-refractivity contribution in [2.24, 2.45) is 0 Å². The first kappa shape index (κ1) is 16.4. The van der Waals surface area contributed by atoms with Crippen molar-refractivity contribution in [3.05, 3.63) is 59.7 Å². The van der Waals surface area contributed by atoms with Crippen molar-refractivity contribution in [1.29, 1.82) is 0 Å². The maximum atomic E-state index is 12.0. The number of hydrogen-bond acceptors (Lipinski definition) is 4. The van der Waals surface area contributed by atoms with Crippen LogP contribution in [0, 0.1) is 6.92 Å². The number of aromatic hydroxyl groups is 1. The molecule has 0 spiro atoms. The van der Waals surface area contributed by atoms with Gasteiger partial charge in [0.15, 0.2) is 6.10 Å². The Hall–Kier alpha value is -3.02. The van der Waals surface area contributed by atoms with E-state index in [1.54, 1.807) is 50.2 Å². The van der Waals surface area contributed by atoms with Gasteiger partial charge in [0.25, 0.3) is 11.8 Å². The van der Waals surface area contributed by atoms with Gasteiger partial charge < -0.3 is 9.84 Å². The summed E-state index contributed by atoms with van der Waals surface area (Å²) in [6, 6.07) is 13.7. The largest absolute Gasteiger partial charge is 0.507 e. The molecule has 0 aliphatic carbocycles. The maximum absolute atomic E-state index is 12.0. The van der Waals surface area contributed by atoms with Crippen molar-refractivity contribution >= 4 is 11.8 Å². The molecule has 0 saturated carbocycles. The number of hydrazine groups is 1. The number of para-hydroxylation sites is 2. The van der Waals surface area contributed by atoms with Crippen LogP contribution in [0.15, 0.2) is 48.5 Å². The third-order valence-corrected chi connectivity index (χ3v) is 3.21. The van der Waals surface area contributed by atoms with E-state index in [1.807, 2.05) is 6.07 Å². The minimum atomic E-state index is -0.788. The van der Waals surface area contributed by atoms with Crippen LogP contribution in [0.3, 0.4) is 0 Å². The molecule has 1 atom stereocenters. The summed E-state index contributed by atoms with van der Waals surface area (Å²) >= 11 is 0. The van der Waals surface area contributed by atoms with E-state index in [0.29, 0.717) is 11.3 Å². The van der Waals surface area contributed by atoms with Gasteiger partial charge in [-0.2, -0.15) is 0 Å². The van der Waals surface area contributed by atoms with Crippen LogP contribution in [0.1, 0.15) is 22.8 Å². The predicted molar refractivity (Wildman–Crippen MR) is 85.0 cm³/mol. The highest BCUT2D eigenvalue weighted by Gasteiger charge is 2.17. The Bertz CT molecular complexity index is 701. The van der Waals surface area contributed by atoms with Gasteiger partial charge in [-0.15, -0.1) is 0 Å². The van der Waals surface area contributed by atoms with Crippen LogP contribution in [-0.4, -0.2) is 23.0 Å². The van der Waals surface area contributed by atoms with Crippen molar-refractivity contribution < 1.29 is 19.4 Å². The van der Waals surface area contributed by atoms with Crippen LogP contribution < -0.4 is 15.6 Å². The van der Waals surface area contributed by atoms with Gasteiger partial charge >= 0.3 is 0 Å². The summed E-state index contributed by atoms with van der Waals surface area (Å²) in [6.45, 7) is 3.25. The van der Waals surface area contributed by atoms with Crippen molar-refractivity contribution in [3.8, 4) is 11.5 Å². The van der Waals surface area contributed by atoms with E-state index in [2.05, 4.69) is 10.9 Å². The average molecular weight is 314 g/mol. The molecule has 0 fully saturated rings. The topological polar surface area (TPSA) is 87.7 Å². The number of carbonyl (C=O) groups is 2. The number of hydrogen-bond donors (Lipinski definition) is 3. The van der Waals surface area contributed by atoms with Crippen LogP contribution in [0.2, 0.25) is 0 Å². The van der Waals surface area contributed by atoms with Crippen LogP contribution >= 0.6 is 0 Å². The quantitative estimate of drug-likeness (QED) is 0.753. The van der Waals surface area contributed by atoms with E-state index in [4.69, 9.17) is 4.74 Å². The number of phenolic OH excluding ortho intramolecular Hbond substituents is 1. The lowest BCUT2D eigenvalue weighted by Gasteiger charge is -2.15. The summed E-state index contributed by atoms with van der Waals surface area (Å²) in [5.41, 5.74) is 5.19. The number of aryl methyl sites for hydroxylation is 1. The second-order valence-corrected chi connectivity index (χ2v) is 4.99. The standard InChI is InChI=1S/C17H18N2O4/c1-11-7-6-10-14(15(11)20)17(22)19-18-16(21)12(2)23-13-8-4-3-5-9-13/h3-10,12,20H,1-2H3,(H,18,21)(H,19,22)/t12-/m0/s1. The fourth-order valence-electron chi connectivity index (χ4n) is 1.89. The molecular formula is C17H18N2O4. The molecule has 2 aromatic carbocycles. The molecule has 0 heterocycles. The Balaban J connectivity index is 1.91. The minimum Gasteiger partial charge on any atom is -0.507 e. The van der Waals surface area contributed by atoms with Crippen molar-refractivity contribution in [1.82, 2.24) is 10.9 Å². The highest BCUT2D eigenvalue weighted by atomic mass is 16.5. The lowest BCUT2D eigenvalue weighted by molar-refractivity contribution is -0.128. The monoisotopic (exact) mass is 314 g/mol. The molecular weight excluding hydrogens is 296 g/mol. The second kappa shape index (κ2) is 7.31. The molecule has 0 saturated heterocycles. The zero-order chi connectivity index (χ0) is 16.8. The fourth-order valence-corrected chi connectivity index (χ4v) is 1.89. The molecule has 6 nitrogen and oxygen atoms in total. The highest BCUT2D eigenvalue weighted by Crippen LogP contribution is 2.20. The Morgan fingerprint density at radius 2 is 1.74 bits per heavy atom. The summed E-state index contributed by atoms with van der Waals surface area (Å²) in [5, 5.41) is 9.84. The van der Waals surface area contributed by atoms with Crippen LogP contribution in [0.25, 0.3) is 0 Å². The molecule has 0 unspecified atom stereocenters. The van der Waals surface area contributed by atoms with E-state index in [9.17, 15) is 14.7 Å². The van der Waals surface area contributed by atoms with E-state index in [-0.39, 0.29) is 11.3 Å². The SMILES string of the molecule is Cc1cccc(C(=O)NNC(=O)[C@H](C)Oc2ccccc2)c1O. The maximum Gasteiger partial charge on any atom is 0.279 e. The van der Waals surface area contributed by atoms with Crippen molar-refractivity contribution in [2.75, 3.05) is 0 Å². The number of benzene rings is 2. The summed E-state index contributed by atoms with van der Waals surface area (Å²) < 4.78 is 5.44. The third kappa shape index (κ3) is 4.23. The molecule has 0 aromatic heterocycles. The van der Waals surface area contributed by atoms with E-state index >= 15 is 0 Å². The molecule has 0 radical (unpaired) electrons. The number of phenols is 1. The van der Waals surface area contributed by atoms with E-state index in [0.717, 1.165) is 0 Å². The lowest BCUT2D eigenvalue weighted by atomic mass is 10.1. The normalized spacial score (nSPS) is 11.4. The van der Waals surface area contributed by atoms with Gasteiger partial charge in [0.05, 0.1) is 5.56 Å². The van der Waals surface area contributed by atoms with Crippen LogP contribution in [0.5, 0.6) is 11.5 Å². The van der Waals surface area contributed by atoms with E-state index < -0.39 is 17.9 Å². The first-order valence-electron chi connectivity index (χ1n) is 7.09. The summed E-state index contributed by atoms with van der Waals surface area (Å²) in [6.07, 6.45) is -0.788. The molecule has 2 rings (SSSR count). The van der Waals surface area contributed by atoms with Gasteiger partial charge in [0, 0.05) is 0 Å². The second-order valence-electron chi connectivity index (χ2n) is 4.99. The Morgan fingerprint density at radius 3 is 2.43 bits per heavy atom. The first-order valence-corrected chi connectivity index (χ1v) is 7.09. The molecule has 0 bridgehead atoms. The molecule has 0 aliphatic heterocycles. The summed E-state index contributed by atoms with van der Waals surface area (Å²) in [4.78, 5) is 23.9. The smallest absolute Gasteiger partial charge is 0.279 e. The molecule has 2 aromatic rings. The third-order valence-electron chi connectivity index (χ3n) is 3.21. The average Bonchev–Trinajstić information content (AvgIpc) is 2.55. The molecule has 0 aliphatic rings. The van der Waals surface area contributed by atoms with Gasteiger partial charge in [-0.3, -0.25) is 20.4 Å². The molecule has 3 N–H and O–H groups in total. The number of amides is 2. The van der Waals surface area contributed by atoms with Gasteiger partial charge in [-0.1, -0.05) is 30.3 Å². The summed E-state index contributed by atoms with van der Waals surface area (Å²) in [5.74, 6) is -0.675. The highest BCUT2D eigenvalue weighted by molar-refractivity contribution is 5.98. The van der Waals surface area contributed by atoms with Gasteiger partial charge in [-0.25, -0.2) is 0 Å². The number of ether oxygens (including phenoxy) is 1. The minimum absolute atomic E-state index is 0.0851. The predicted octanol–water partition coefficient (Wildman–Crippen LogP) is 1.93. The van der Waals surface area contributed by atoms with Crippen molar-refractivity contribution in [2.45, 2.75) is 20.0 Å². The van der Waals surface area contributed by atoms with E-state index in [1.165, 1.54) is 6.07 Å². The van der Waals surface area contributed by atoms with Crippen LogP contribution in [-0.2, 0) is 4.79 Å². The number of nitrogens with one attached hydrogen (secondary N) is 2. The molecule has 6 heteroatoms. The molecule has 120 valence electrons. The Morgan fingerprint density at radius 1 is 1.04 bits per heavy atom. The van der Waals surface area contributed by atoms with Crippen molar-refractivity contribution in [3.63, 3.8) is 0 Å². The number of rotatable bonds is 4. The number of carbonyl (C=O) groups excluding carboxylic acids is 2. The Labute approximate surface area is 134 Å². The molecule has 2 amide bonds. The van der Waals surface area contributed by atoms with Gasteiger partial charge in [0.2, 0.25) is 0 Å². The zero-order valence-electron chi connectivity index (χ0n) is 12.9. The van der Waals surface area contributed by atoms with Crippen LogP contribution in [0.4, 0.5) is 0 Å². The lowest BCUT2D eigenvalue weighted by Crippen LogP contribution is -2.47. The summed E-state index contributed by atoms with van der Waals surface area (Å²) in [7, 11) is 0. The fraction of sp³-hybridized carbons (Fsp3) is 0.176. The first-order chi connectivity index (χ1) is 11.0. The van der Waals surface area contributed by atoms with Gasteiger partial charge in [-0.05, 0) is 37.6 Å².